The molecule has 96 valence electrons. The number of nitrogens with zero attached hydrogens (tertiary/aromatic N) is 2. The predicted molar refractivity (Wildman–Crippen MR) is 74.8 cm³/mol. The first-order chi connectivity index (χ1) is 9.22. The smallest absolute Gasteiger partial charge is 0.294 e. The van der Waals surface area contributed by atoms with Crippen molar-refractivity contribution in [2.45, 2.75) is 6.42 Å². The van der Waals surface area contributed by atoms with Gasteiger partial charge >= 0.3 is 0 Å². The van der Waals surface area contributed by atoms with Crippen molar-refractivity contribution in [1.29, 1.82) is 5.26 Å². The van der Waals surface area contributed by atoms with Gasteiger partial charge in [-0.1, -0.05) is 18.2 Å². The number of nitriles is 1. The largest absolute Gasteiger partial charge is 0.444 e. The highest BCUT2D eigenvalue weighted by Gasteiger charge is 2.20. The third-order valence-electron chi connectivity index (χ3n) is 2.54. The molecular weight excluding hydrogens is 308 g/mol. The van der Waals surface area contributed by atoms with E-state index in [1.54, 1.807) is 12.1 Å². The van der Waals surface area contributed by atoms with Crippen molar-refractivity contribution in [1.82, 2.24) is 0 Å². The molecule has 0 N–H and O–H groups in total. The number of carbonyl (C=O) groups excluding carboxylic acids is 1. The van der Waals surface area contributed by atoms with E-state index in [4.69, 9.17) is 9.68 Å². The van der Waals surface area contributed by atoms with Gasteiger partial charge in [-0.25, -0.2) is 0 Å². The number of carbonyl (C=O) groups is 1. The Labute approximate surface area is 119 Å². The molecule has 0 radical (unpaired) electrons. The topological polar surface area (TPSA) is 57.2 Å². The van der Waals surface area contributed by atoms with Crippen molar-refractivity contribution >= 4 is 27.5 Å². The second kappa shape index (κ2) is 6.21. The number of amides is 1. The highest BCUT2D eigenvalue weighted by Crippen LogP contribution is 2.20. The summed E-state index contributed by atoms with van der Waals surface area (Å²) in [5, 5.41) is 8.70. The molecule has 19 heavy (non-hydrogen) atoms. The van der Waals surface area contributed by atoms with E-state index in [9.17, 15) is 4.79 Å². The minimum absolute atomic E-state index is 0.244. The third kappa shape index (κ3) is 3.24. The van der Waals surface area contributed by atoms with Crippen LogP contribution in [0.2, 0.25) is 0 Å². The first kappa shape index (κ1) is 13.4. The van der Waals surface area contributed by atoms with Gasteiger partial charge in [0.2, 0.25) is 0 Å². The van der Waals surface area contributed by atoms with E-state index in [0.717, 1.165) is 5.69 Å². The normalized spacial score (nSPS) is 9.89. The van der Waals surface area contributed by atoms with Crippen molar-refractivity contribution in [3.8, 4) is 6.07 Å². The average molecular weight is 319 g/mol. The Hall–Kier alpha value is -2.06. The molecular formula is C14H11BrN2O2. The van der Waals surface area contributed by atoms with Gasteiger partial charge in [0.15, 0.2) is 10.4 Å². The standard InChI is InChI=1S/C14H11BrN2O2/c15-13-8-7-12(19-13)14(18)17(10-4-9-16)11-5-2-1-3-6-11/h1-3,5-8H,4,10H2. The van der Waals surface area contributed by atoms with Crippen molar-refractivity contribution in [2.24, 2.45) is 0 Å². The summed E-state index contributed by atoms with van der Waals surface area (Å²) in [7, 11) is 0. The lowest BCUT2D eigenvalue weighted by atomic mass is 10.2. The number of hydrogen-bond donors (Lipinski definition) is 0. The van der Waals surface area contributed by atoms with Crippen LogP contribution in [0.1, 0.15) is 17.0 Å². The van der Waals surface area contributed by atoms with Crippen LogP contribution in [0.4, 0.5) is 5.69 Å². The molecule has 1 aromatic carbocycles. The van der Waals surface area contributed by atoms with E-state index in [1.165, 1.54) is 4.90 Å². The molecule has 1 aromatic heterocycles. The second-order valence-corrected chi connectivity index (χ2v) is 4.59. The van der Waals surface area contributed by atoms with E-state index in [-0.39, 0.29) is 18.1 Å². The Morgan fingerprint density at radius 1 is 1.26 bits per heavy atom. The van der Waals surface area contributed by atoms with E-state index >= 15 is 0 Å². The van der Waals surface area contributed by atoms with Crippen LogP contribution >= 0.6 is 15.9 Å². The molecule has 2 aromatic rings. The van der Waals surface area contributed by atoms with Crippen LogP contribution < -0.4 is 4.90 Å². The van der Waals surface area contributed by atoms with Crippen LogP contribution in [0.15, 0.2) is 51.6 Å². The monoisotopic (exact) mass is 318 g/mol. The van der Waals surface area contributed by atoms with E-state index in [0.29, 0.717) is 11.2 Å². The van der Waals surface area contributed by atoms with Gasteiger partial charge in [0.25, 0.3) is 5.91 Å². The van der Waals surface area contributed by atoms with Crippen LogP contribution in [0, 0.1) is 11.3 Å². The third-order valence-corrected chi connectivity index (χ3v) is 2.97. The minimum Gasteiger partial charge on any atom is -0.444 e. The molecule has 1 amide bonds. The maximum Gasteiger partial charge on any atom is 0.294 e. The van der Waals surface area contributed by atoms with Crippen molar-refractivity contribution in [3.63, 3.8) is 0 Å². The fourth-order valence-corrected chi connectivity index (χ4v) is 1.99. The molecule has 0 saturated heterocycles. The summed E-state index contributed by atoms with van der Waals surface area (Å²) in [5.41, 5.74) is 0.746. The van der Waals surface area contributed by atoms with Gasteiger partial charge in [0, 0.05) is 12.2 Å². The molecule has 0 aliphatic rings. The Balaban J connectivity index is 2.28. The fraction of sp³-hybridized carbons (Fsp3) is 0.143. The first-order valence-electron chi connectivity index (χ1n) is 5.71. The number of anilines is 1. The Bertz CT molecular complexity index is 601. The molecule has 0 fully saturated rings. The lowest BCUT2D eigenvalue weighted by molar-refractivity contribution is 0.0959. The zero-order valence-electron chi connectivity index (χ0n) is 10.0. The van der Waals surface area contributed by atoms with Crippen LogP contribution in [0.3, 0.4) is 0 Å². The van der Waals surface area contributed by atoms with Gasteiger partial charge in [0.1, 0.15) is 0 Å². The number of halogens is 1. The predicted octanol–water partition coefficient (Wildman–Crippen LogP) is 3.60. The summed E-state index contributed by atoms with van der Waals surface area (Å²) in [4.78, 5) is 13.9. The first-order valence-corrected chi connectivity index (χ1v) is 6.51. The molecule has 0 unspecified atom stereocenters. The molecule has 4 nitrogen and oxygen atoms in total. The highest BCUT2D eigenvalue weighted by molar-refractivity contribution is 9.10. The molecule has 0 saturated carbocycles. The molecule has 0 bridgehead atoms. The summed E-state index contributed by atoms with van der Waals surface area (Å²) in [6.45, 7) is 0.331. The molecule has 0 aliphatic heterocycles. The van der Waals surface area contributed by atoms with E-state index in [1.807, 2.05) is 36.4 Å². The highest BCUT2D eigenvalue weighted by atomic mass is 79.9. The number of benzene rings is 1. The Kier molecular flexibility index (Phi) is 4.37. The average Bonchev–Trinajstić information content (AvgIpc) is 2.87. The molecule has 5 heteroatoms. The maximum atomic E-state index is 12.4. The Morgan fingerprint density at radius 2 is 2.00 bits per heavy atom. The molecule has 2 rings (SSSR count). The molecule has 0 atom stereocenters. The number of furan rings is 1. The van der Waals surface area contributed by atoms with Crippen LogP contribution in [0.5, 0.6) is 0 Å². The van der Waals surface area contributed by atoms with Gasteiger partial charge in [0.05, 0.1) is 12.5 Å². The Morgan fingerprint density at radius 3 is 2.58 bits per heavy atom. The van der Waals surface area contributed by atoms with Crippen LogP contribution in [0.25, 0.3) is 0 Å². The summed E-state index contributed by atoms with van der Waals surface area (Å²) < 4.78 is 5.77. The fourth-order valence-electron chi connectivity index (χ4n) is 1.68. The summed E-state index contributed by atoms with van der Waals surface area (Å²) in [5.74, 6) is -0.0131. The summed E-state index contributed by atoms with van der Waals surface area (Å²) in [6.07, 6.45) is 0.266. The SMILES string of the molecule is N#CCCN(C(=O)c1ccc(Br)o1)c1ccccc1. The van der Waals surface area contributed by atoms with E-state index in [2.05, 4.69) is 15.9 Å². The van der Waals surface area contributed by atoms with Crippen LogP contribution in [-0.4, -0.2) is 12.5 Å². The van der Waals surface area contributed by atoms with Crippen LogP contribution in [-0.2, 0) is 0 Å². The minimum atomic E-state index is -0.257. The lowest BCUT2D eigenvalue weighted by Gasteiger charge is -2.20. The van der Waals surface area contributed by atoms with E-state index < -0.39 is 0 Å². The number of rotatable bonds is 4. The van der Waals surface area contributed by atoms with Gasteiger partial charge < -0.3 is 9.32 Å². The van der Waals surface area contributed by atoms with Gasteiger partial charge in [-0.05, 0) is 40.2 Å². The maximum absolute atomic E-state index is 12.4. The molecule has 1 heterocycles. The van der Waals surface area contributed by atoms with Crippen molar-refractivity contribution < 1.29 is 9.21 Å². The molecule has 0 aliphatic carbocycles. The summed E-state index contributed by atoms with van der Waals surface area (Å²) in [6, 6.07) is 14.5. The quantitative estimate of drug-likeness (QED) is 0.865. The number of para-hydroxylation sites is 1. The zero-order valence-corrected chi connectivity index (χ0v) is 11.6. The molecule has 0 spiro atoms. The number of hydrogen-bond acceptors (Lipinski definition) is 3. The van der Waals surface area contributed by atoms with Gasteiger partial charge in [-0.2, -0.15) is 5.26 Å². The van der Waals surface area contributed by atoms with Crippen molar-refractivity contribution in [2.75, 3.05) is 11.4 Å². The lowest BCUT2D eigenvalue weighted by Crippen LogP contribution is -2.31. The van der Waals surface area contributed by atoms with Gasteiger partial charge in [-0.15, -0.1) is 0 Å². The van der Waals surface area contributed by atoms with Crippen molar-refractivity contribution in [3.05, 3.63) is 52.9 Å². The van der Waals surface area contributed by atoms with Gasteiger partial charge in [-0.3, -0.25) is 4.79 Å². The second-order valence-electron chi connectivity index (χ2n) is 3.80. The summed E-state index contributed by atoms with van der Waals surface area (Å²) >= 11 is 3.17. The zero-order chi connectivity index (χ0) is 13.7.